The molecule has 0 unspecified atom stereocenters. The fraction of sp³-hybridized carbons (Fsp3) is 0.241. The molecule has 0 N–H and O–H groups in total. The summed E-state index contributed by atoms with van der Waals surface area (Å²) >= 11 is 3.38. The minimum atomic E-state index is 0.0820. The van der Waals surface area contributed by atoms with Gasteiger partial charge in [-0.3, -0.25) is 9.36 Å². The monoisotopic (exact) mass is 482 g/mol. The summed E-state index contributed by atoms with van der Waals surface area (Å²) in [4.78, 5) is 21.5. The summed E-state index contributed by atoms with van der Waals surface area (Å²) in [6, 6.07) is 21.2. The van der Waals surface area contributed by atoms with Crippen molar-refractivity contribution in [2.24, 2.45) is 0 Å². The van der Waals surface area contributed by atoms with Gasteiger partial charge < -0.3 is 0 Å². The Hall–Kier alpha value is -2.89. The first-order valence-electron chi connectivity index (χ1n) is 11.8. The number of hydrogen-bond acceptors (Lipinski definition) is 4. The van der Waals surface area contributed by atoms with Crippen LogP contribution in [0.5, 0.6) is 0 Å². The molecule has 0 bridgehead atoms. The highest BCUT2D eigenvalue weighted by Crippen LogP contribution is 2.36. The van der Waals surface area contributed by atoms with Gasteiger partial charge in [0.2, 0.25) is 0 Å². The highest BCUT2D eigenvalue weighted by molar-refractivity contribution is 7.98. The van der Waals surface area contributed by atoms with Crippen LogP contribution in [-0.4, -0.2) is 9.55 Å². The second kappa shape index (κ2) is 8.71. The minimum absolute atomic E-state index is 0.0820. The van der Waals surface area contributed by atoms with E-state index in [4.69, 9.17) is 4.98 Å². The topological polar surface area (TPSA) is 34.9 Å². The Bertz CT molecular complexity index is 1610. The third kappa shape index (κ3) is 3.68. The molecule has 0 amide bonds. The van der Waals surface area contributed by atoms with Crippen molar-refractivity contribution in [3.8, 4) is 5.69 Å². The van der Waals surface area contributed by atoms with E-state index in [0.717, 1.165) is 57.2 Å². The highest BCUT2D eigenvalue weighted by Gasteiger charge is 2.23. The van der Waals surface area contributed by atoms with Crippen molar-refractivity contribution in [1.29, 1.82) is 0 Å². The van der Waals surface area contributed by atoms with Crippen molar-refractivity contribution in [3.63, 3.8) is 0 Å². The first kappa shape index (κ1) is 21.6. The van der Waals surface area contributed by atoms with Crippen LogP contribution >= 0.6 is 23.1 Å². The van der Waals surface area contributed by atoms with Crippen LogP contribution in [-0.2, 0) is 18.6 Å². The molecule has 1 aliphatic carbocycles. The Morgan fingerprint density at radius 3 is 2.74 bits per heavy atom. The van der Waals surface area contributed by atoms with Gasteiger partial charge in [0.05, 0.1) is 11.1 Å². The molecule has 0 saturated heterocycles. The van der Waals surface area contributed by atoms with Crippen molar-refractivity contribution in [2.45, 2.75) is 50.4 Å². The zero-order chi connectivity index (χ0) is 23.2. The van der Waals surface area contributed by atoms with E-state index in [-0.39, 0.29) is 5.56 Å². The number of fused-ring (bicyclic) bond motifs is 4. The standard InChI is InChI=1S/C29H26N2OS2/c1-18-14-15-19(2)24(16-18)31-28(32)26-23-12-5-6-13-25(23)34-27(26)30-29(31)33-17-21-10-7-9-20-8-3-4-11-22(20)21/h3-4,7-11,14-16H,5-6,12-13,17H2,1-2H3. The molecular weight excluding hydrogens is 456 g/mol. The van der Waals surface area contributed by atoms with Crippen LogP contribution in [0.2, 0.25) is 0 Å². The van der Waals surface area contributed by atoms with E-state index in [1.54, 1.807) is 23.1 Å². The third-order valence-corrected chi connectivity index (χ3v) is 8.97. The maximum Gasteiger partial charge on any atom is 0.267 e. The average Bonchev–Trinajstić information content (AvgIpc) is 3.23. The normalized spacial score (nSPS) is 13.5. The van der Waals surface area contributed by atoms with Gasteiger partial charge in [0, 0.05) is 10.6 Å². The van der Waals surface area contributed by atoms with Crippen LogP contribution in [0, 0.1) is 13.8 Å². The Morgan fingerprint density at radius 1 is 1.00 bits per heavy atom. The molecule has 5 aromatic rings. The smallest absolute Gasteiger partial charge is 0.267 e. The van der Waals surface area contributed by atoms with E-state index < -0.39 is 0 Å². The van der Waals surface area contributed by atoms with Gasteiger partial charge >= 0.3 is 0 Å². The second-order valence-corrected chi connectivity index (χ2v) is 11.2. The van der Waals surface area contributed by atoms with Gasteiger partial charge in [0.15, 0.2) is 5.16 Å². The molecule has 6 rings (SSSR count). The van der Waals surface area contributed by atoms with Crippen LogP contribution in [0.15, 0.2) is 70.6 Å². The van der Waals surface area contributed by atoms with Gasteiger partial charge in [-0.2, -0.15) is 0 Å². The predicted octanol–water partition coefficient (Wildman–Crippen LogP) is 7.39. The maximum absolute atomic E-state index is 14.1. The molecule has 5 heteroatoms. The van der Waals surface area contributed by atoms with E-state index in [1.165, 1.54) is 33.2 Å². The number of benzene rings is 3. The Kier molecular flexibility index (Phi) is 5.54. The summed E-state index contributed by atoms with van der Waals surface area (Å²) < 4.78 is 1.88. The van der Waals surface area contributed by atoms with E-state index >= 15 is 0 Å². The van der Waals surface area contributed by atoms with Crippen molar-refractivity contribution < 1.29 is 0 Å². The quantitative estimate of drug-likeness (QED) is 0.198. The van der Waals surface area contributed by atoms with E-state index in [2.05, 4.69) is 74.5 Å². The van der Waals surface area contributed by atoms with Gasteiger partial charge in [-0.1, -0.05) is 66.4 Å². The Labute approximate surface area is 207 Å². The molecule has 34 heavy (non-hydrogen) atoms. The molecule has 170 valence electrons. The van der Waals surface area contributed by atoms with Crippen molar-refractivity contribution in [1.82, 2.24) is 9.55 Å². The number of thiophene rings is 1. The number of thioether (sulfide) groups is 1. The molecule has 2 aromatic heterocycles. The lowest BCUT2D eigenvalue weighted by atomic mass is 9.97. The summed E-state index contributed by atoms with van der Waals surface area (Å²) in [6.45, 7) is 4.16. The largest absolute Gasteiger partial charge is 0.268 e. The molecule has 3 aromatic carbocycles. The zero-order valence-electron chi connectivity index (χ0n) is 19.4. The molecule has 1 aliphatic rings. The van der Waals surface area contributed by atoms with Gasteiger partial charge in [0.1, 0.15) is 4.83 Å². The number of aromatic nitrogens is 2. The van der Waals surface area contributed by atoms with Crippen LogP contribution < -0.4 is 5.56 Å². The summed E-state index contributed by atoms with van der Waals surface area (Å²) in [5, 5.41) is 4.11. The van der Waals surface area contributed by atoms with Gasteiger partial charge in [-0.25, -0.2) is 4.98 Å². The summed E-state index contributed by atoms with van der Waals surface area (Å²) in [6.07, 6.45) is 4.41. The lowest BCUT2D eigenvalue weighted by molar-refractivity contribution is 0.699. The molecule has 2 heterocycles. The SMILES string of the molecule is Cc1ccc(C)c(-n2c(SCc3cccc4ccccc34)nc3sc4c(c3c2=O)CCCC4)c1. The van der Waals surface area contributed by atoms with Gasteiger partial charge in [-0.05, 0) is 78.6 Å². The number of aryl methyl sites for hydroxylation is 4. The number of hydrogen-bond donors (Lipinski definition) is 0. The number of rotatable bonds is 4. The van der Waals surface area contributed by atoms with Gasteiger partial charge in [0.25, 0.3) is 5.56 Å². The Balaban J connectivity index is 1.53. The molecule has 0 aliphatic heterocycles. The van der Waals surface area contributed by atoms with Crippen LogP contribution in [0.4, 0.5) is 0 Å². The molecule has 0 atom stereocenters. The summed E-state index contributed by atoms with van der Waals surface area (Å²) in [5.74, 6) is 0.759. The summed E-state index contributed by atoms with van der Waals surface area (Å²) in [5.41, 5.74) is 5.76. The maximum atomic E-state index is 14.1. The average molecular weight is 483 g/mol. The van der Waals surface area contributed by atoms with Crippen molar-refractivity contribution in [2.75, 3.05) is 0 Å². The van der Waals surface area contributed by atoms with Gasteiger partial charge in [-0.15, -0.1) is 11.3 Å². The van der Waals surface area contributed by atoms with Crippen LogP contribution in [0.3, 0.4) is 0 Å². The van der Waals surface area contributed by atoms with E-state index in [1.807, 2.05) is 4.57 Å². The lowest BCUT2D eigenvalue weighted by Crippen LogP contribution is -2.23. The highest BCUT2D eigenvalue weighted by atomic mass is 32.2. The lowest BCUT2D eigenvalue weighted by Gasteiger charge is -2.16. The van der Waals surface area contributed by atoms with Crippen molar-refractivity contribution in [3.05, 3.63) is 98.1 Å². The number of nitrogens with zero attached hydrogens (tertiary/aromatic N) is 2. The molecule has 0 saturated carbocycles. The third-order valence-electron chi connectivity index (χ3n) is 6.80. The molecular formula is C29H26N2OS2. The molecule has 0 fully saturated rings. The molecule has 3 nitrogen and oxygen atoms in total. The first-order valence-corrected chi connectivity index (χ1v) is 13.6. The fourth-order valence-electron chi connectivity index (χ4n) is 5.02. The second-order valence-electron chi connectivity index (χ2n) is 9.14. The first-order chi connectivity index (χ1) is 16.6. The van der Waals surface area contributed by atoms with E-state index in [0.29, 0.717) is 0 Å². The van der Waals surface area contributed by atoms with E-state index in [9.17, 15) is 4.79 Å². The summed E-state index contributed by atoms with van der Waals surface area (Å²) in [7, 11) is 0. The fourth-order valence-corrected chi connectivity index (χ4v) is 7.33. The van der Waals surface area contributed by atoms with Crippen LogP contribution in [0.1, 0.15) is 40.0 Å². The molecule has 0 spiro atoms. The van der Waals surface area contributed by atoms with Crippen molar-refractivity contribution >= 4 is 44.1 Å². The zero-order valence-corrected chi connectivity index (χ0v) is 21.1. The Morgan fingerprint density at radius 2 is 1.82 bits per heavy atom. The minimum Gasteiger partial charge on any atom is -0.268 e. The van der Waals surface area contributed by atoms with Crippen LogP contribution in [0.25, 0.3) is 26.7 Å². The molecule has 0 radical (unpaired) electrons. The predicted molar refractivity (Wildman–Crippen MR) is 145 cm³/mol.